The molecule has 2 saturated heterocycles. The SMILES string of the molecule is CNC(C1CCOC2(CCOC2)C1)C1CCCC1C. The van der Waals surface area contributed by atoms with Gasteiger partial charge in [0, 0.05) is 25.7 Å². The Hall–Kier alpha value is -0.120. The van der Waals surface area contributed by atoms with Crippen LogP contribution < -0.4 is 5.32 Å². The molecule has 0 amide bonds. The second-order valence-electron chi connectivity index (χ2n) is 6.97. The fourth-order valence-electron chi connectivity index (χ4n) is 4.74. The molecule has 1 saturated carbocycles. The summed E-state index contributed by atoms with van der Waals surface area (Å²) in [6.45, 7) is 5.07. The second-order valence-corrected chi connectivity index (χ2v) is 6.97. The summed E-state index contributed by atoms with van der Waals surface area (Å²) in [6.07, 6.45) is 7.76. The van der Waals surface area contributed by atoms with E-state index in [0.29, 0.717) is 6.04 Å². The van der Waals surface area contributed by atoms with Gasteiger partial charge < -0.3 is 14.8 Å². The van der Waals surface area contributed by atoms with Crippen LogP contribution >= 0.6 is 0 Å². The summed E-state index contributed by atoms with van der Waals surface area (Å²) in [4.78, 5) is 0. The Morgan fingerprint density at radius 1 is 1.21 bits per heavy atom. The molecule has 1 N–H and O–H groups in total. The quantitative estimate of drug-likeness (QED) is 0.852. The van der Waals surface area contributed by atoms with Crippen molar-refractivity contribution in [2.45, 2.75) is 57.1 Å². The van der Waals surface area contributed by atoms with Crippen molar-refractivity contribution in [2.24, 2.45) is 17.8 Å². The maximum Gasteiger partial charge on any atom is 0.0939 e. The van der Waals surface area contributed by atoms with Crippen LogP contribution in [0.5, 0.6) is 0 Å². The van der Waals surface area contributed by atoms with E-state index in [1.54, 1.807) is 0 Å². The Kier molecular flexibility index (Phi) is 4.16. The van der Waals surface area contributed by atoms with Gasteiger partial charge in [0.15, 0.2) is 0 Å². The Labute approximate surface area is 117 Å². The summed E-state index contributed by atoms with van der Waals surface area (Å²) in [6, 6.07) is 0.680. The molecular weight excluding hydrogens is 238 g/mol. The number of ether oxygens (including phenoxy) is 2. The molecule has 2 heterocycles. The normalized spacial score (nSPS) is 44.8. The number of hydrogen-bond acceptors (Lipinski definition) is 3. The van der Waals surface area contributed by atoms with Gasteiger partial charge in [-0.25, -0.2) is 0 Å². The molecule has 5 atom stereocenters. The lowest BCUT2D eigenvalue weighted by Crippen LogP contribution is -2.49. The van der Waals surface area contributed by atoms with E-state index in [1.807, 2.05) is 0 Å². The average molecular weight is 267 g/mol. The van der Waals surface area contributed by atoms with E-state index in [-0.39, 0.29) is 5.60 Å². The van der Waals surface area contributed by atoms with E-state index in [1.165, 1.54) is 32.1 Å². The molecule has 1 aliphatic carbocycles. The number of nitrogens with one attached hydrogen (secondary N) is 1. The lowest BCUT2D eigenvalue weighted by Gasteiger charge is -2.43. The van der Waals surface area contributed by atoms with Gasteiger partial charge in [-0.05, 0) is 44.1 Å². The average Bonchev–Trinajstić information content (AvgIpc) is 3.02. The van der Waals surface area contributed by atoms with Gasteiger partial charge in [0.2, 0.25) is 0 Å². The van der Waals surface area contributed by atoms with Crippen LogP contribution in [0.15, 0.2) is 0 Å². The van der Waals surface area contributed by atoms with Gasteiger partial charge in [-0.2, -0.15) is 0 Å². The minimum Gasteiger partial charge on any atom is -0.378 e. The van der Waals surface area contributed by atoms with Gasteiger partial charge in [-0.1, -0.05) is 19.8 Å². The zero-order valence-electron chi connectivity index (χ0n) is 12.5. The molecule has 2 aliphatic heterocycles. The predicted octanol–water partition coefficient (Wildman–Crippen LogP) is 2.60. The minimum absolute atomic E-state index is 0.0554. The molecular formula is C16H29NO2. The van der Waals surface area contributed by atoms with E-state index in [4.69, 9.17) is 9.47 Å². The third-order valence-corrected chi connectivity index (χ3v) is 5.83. The van der Waals surface area contributed by atoms with Gasteiger partial charge in [-0.3, -0.25) is 0 Å². The predicted molar refractivity (Wildman–Crippen MR) is 76.2 cm³/mol. The first-order valence-electron chi connectivity index (χ1n) is 8.13. The lowest BCUT2D eigenvalue weighted by molar-refractivity contribution is -0.106. The minimum atomic E-state index is 0.0554. The highest BCUT2D eigenvalue weighted by Crippen LogP contribution is 2.42. The third kappa shape index (κ3) is 2.70. The second kappa shape index (κ2) is 5.71. The zero-order valence-corrected chi connectivity index (χ0v) is 12.5. The fourth-order valence-corrected chi connectivity index (χ4v) is 4.74. The van der Waals surface area contributed by atoms with Crippen molar-refractivity contribution < 1.29 is 9.47 Å². The van der Waals surface area contributed by atoms with E-state index in [2.05, 4.69) is 19.3 Å². The molecule has 0 bridgehead atoms. The first-order valence-corrected chi connectivity index (χ1v) is 8.13. The van der Waals surface area contributed by atoms with Gasteiger partial charge in [0.1, 0.15) is 0 Å². The summed E-state index contributed by atoms with van der Waals surface area (Å²) in [5.41, 5.74) is 0.0554. The monoisotopic (exact) mass is 267 g/mol. The molecule has 3 aliphatic rings. The number of hydrogen-bond donors (Lipinski definition) is 1. The third-order valence-electron chi connectivity index (χ3n) is 5.83. The van der Waals surface area contributed by atoms with E-state index < -0.39 is 0 Å². The Morgan fingerprint density at radius 2 is 2.11 bits per heavy atom. The maximum absolute atomic E-state index is 6.09. The first kappa shape index (κ1) is 13.8. The molecule has 0 radical (unpaired) electrons. The van der Waals surface area contributed by atoms with Crippen molar-refractivity contribution in [3.8, 4) is 0 Å². The largest absolute Gasteiger partial charge is 0.378 e. The summed E-state index contributed by atoms with van der Waals surface area (Å²) >= 11 is 0. The smallest absolute Gasteiger partial charge is 0.0939 e. The molecule has 5 unspecified atom stereocenters. The Balaban J connectivity index is 1.68. The molecule has 3 nitrogen and oxygen atoms in total. The van der Waals surface area contributed by atoms with Crippen molar-refractivity contribution in [2.75, 3.05) is 26.9 Å². The molecule has 3 rings (SSSR count). The highest BCUT2D eigenvalue weighted by molar-refractivity contribution is 4.96. The Bertz CT molecular complexity index is 301. The molecule has 3 heteroatoms. The van der Waals surface area contributed by atoms with Gasteiger partial charge >= 0.3 is 0 Å². The van der Waals surface area contributed by atoms with E-state index in [9.17, 15) is 0 Å². The topological polar surface area (TPSA) is 30.5 Å². The van der Waals surface area contributed by atoms with E-state index in [0.717, 1.165) is 44.0 Å². The van der Waals surface area contributed by atoms with Crippen LogP contribution in [0.25, 0.3) is 0 Å². The summed E-state index contributed by atoms with van der Waals surface area (Å²) in [5.74, 6) is 2.52. The summed E-state index contributed by atoms with van der Waals surface area (Å²) in [7, 11) is 2.16. The molecule has 0 aromatic heterocycles. The van der Waals surface area contributed by atoms with Crippen LogP contribution in [0.1, 0.15) is 45.4 Å². The first-order chi connectivity index (χ1) is 9.24. The van der Waals surface area contributed by atoms with E-state index >= 15 is 0 Å². The van der Waals surface area contributed by atoms with Crippen molar-refractivity contribution in [3.05, 3.63) is 0 Å². The summed E-state index contributed by atoms with van der Waals surface area (Å²) < 4.78 is 11.7. The molecule has 3 fully saturated rings. The summed E-state index contributed by atoms with van der Waals surface area (Å²) in [5, 5.41) is 3.65. The van der Waals surface area contributed by atoms with Crippen molar-refractivity contribution in [3.63, 3.8) is 0 Å². The molecule has 0 aromatic carbocycles. The van der Waals surface area contributed by atoms with Crippen LogP contribution in [-0.2, 0) is 9.47 Å². The van der Waals surface area contributed by atoms with Gasteiger partial charge in [-0.15, -0.1) is 0 Å². The lowest BCUT2D eigenvalue weighted by atomic mass is 9.74. The van der Waals surface area contributed by atoms with Crippen molar-refractivity contribution >= 4 is 0 Å². The zero-order chi connectivity index (χ0) is 13.3. The fraction of sp³-hybridized carbons (Fsp3) is 1.00. The highest BCUT2D eigenvalue weighted by atomic mass is 16.6. The molecule has 0 aromatic rings. The standard InChI is InChI=1S/C16H29NO2/c1-12-4-3-5-14(12)15(17-2)13-6-8-19-16(10-13)7-9-18-11-16/h12-15,17H,3-11H2,1-2H3. The van der Waals surface area contributed by atoms with Crippen LogP contribution in [-0.4, -0.2) is 38.5 Å². The van der Waals surface area contributed by atoms with Crippen LogP contribution in [0.4, 0.5) is 0 Å². The van der Waals surface area contributed by atoms with Crippen molar-refractivity contribution in [1.82, 2.24) is 5.32 Å². The molecule has 110 valence electrons. The van der Waals surface area contributed by atoms with Gasteiger partial charge in [0.25, 0.3) is 0 Å². The highest BCUT2D eigenvalue weighted by Gasteiger charge is 2.45. The molecule has 19 heavy (non-hydrogen) atoms. The maximum atomic E-state index is 6.09. The number of rotatable bonds is 3. The van der Waals surface area contributed by atoms with Crippen molar-refractivity contribution in [1.29, 1.82) is 0 Å². The molecule has 1 spiro atoms. The van der Waals surface area contributed by atoms with Crippen LogP contribution in [0.3, 0.4) is 0 Å². The van der Waals surface area contributed by atoms with Crippen LogP contribution in [0.2, 0.25) is 0 Å². The Morgan fingerprint density at radius 3 is 2.74 bits per heavy atom. The van der Waals surface area contributed by atoms with Gasteiger partial charge in [0.05, 0.1) is 12.2 Å². The van der Waals surface area contributed by atoms with Crippen LogP contribution in [0, 0.1) is 17.8 Å².